The minimum Gasteiger partial charge on any atom is -0.497 e. The van der Waals surface area contributed by atoms with E-state index in [1.165, 1.54) is 0 Å². The van der Waals surface area contributed by atoms with Crippen molar-refractivity contribution in [2.75, 3.05) is 25.5 Å². The van der Waals surface area contributed by atoms with Crippen molar-refractivity contribution in [1.82, 2.24) is 20.3 Å². The minimum atomic E-state index is -0.358. The molecule has 0 radical (unpaired) electrons. The Balaban J connectivity index is 1.75. The zero-order valence-corrected chi connectivity index (χ0v) is 12.1. The molecule has 8 heteroatoms. The normalized spacial score (nSPS) is 14.6. The molecular formula is C13H14ClN5O2. The number of nitrogens with zero attached hydrogens (tertiary/aromatic N) is 3. The van der Waals surface area contributed by atoms with Gasteiger partial charge in [-0.3, -0.25) is 4.79 Å². The van der Waals surface area contributed by atoms with Gasteiger partial charge in [-0.2, -0.15) is 0 Å². The lowest BCUT2D eigenvalue weighted by molar-refractivity contribution is 0.102. The lowest BCUT2D eigenvalue weighted by Crippen LogP contribution is -2.43. The molecule has 1 amide bonds. The molecular weight excluding hydrogens is 294 g/mol. The van der Waals surface area contributed by atoms with Gasteiger partial charge < -0.3 is 15.4 Å². The number of methoxy groups -OCH3 is 1. The quantitative estimate of drug-likeness (QED) is 0.891. The summed E-state index contributed by atoms with van der Waals surface area (Å²) >= 11 is 6.05. The Labute approximate surface area is 126 Å². The first-order chi connectivity index (χ1) is 10.2. The van der Waals surface area contributed by atoms with Gasteiger partial charge in [-0.1, -0.05) is 16.8 Å². The van der Waals surface area contributed by atoms with Gasteiger partial charge in [0.1, 0.15) is 5.75 Å². The highest BCUT2D eigenvalue weighted by molar-refractivity contribution is 6.34. The van der Waals surface area contributed by atoms with Crippen molar-refractivity contribution < 1.29 is 9.53 Å². The molecule has 0 aliphatic carbocycles. The topological polar surface area (TPSA) is 81.1 Å². The molecule has 0 spiro atoms. The number of hydrogen-bond donors (Lipinski definition) is 2. The molecule has 0 unspecified atom stereocenters. The first-order valence-corrected chi connectivity index (χ1v) is 6.82. The second kappa shape index (κ2) is 5.71. The van der Waals surface area contributed by atoms with Gasteiger partial charge in [0.2, 0.25) is 0 Å². The van der Waals surface area contributed by atoms with Crippen LogP contribution in [-0.2, 0) is 0 Å². The van der Waals surface area contributed by atoms with Crippen LogP contribution in [0.3, 0.4) is 0 Å². The number of rotatable bonds is 4. The number of anilines is 1. The fourth-order valence-electron chi connectivity index (χ4n) is 1.93. The average Bonchev–Trinajstić information content (AvgIpc) is 2.88. The van der Waals surface area contributed by atoms with Crippen LogP contribution >= 0.6 is 11.6 Å². The molecule has 1 aliphatic heterocycles. The van der Waals surface area contributed by atoms with E-state index in [4.69, 9.17) is 16.3 Å². The Bertz CT molecular complexity index is 668. The fourth-order valence-corrected chi connectivity index (χ4v) is 2.10. The number of amides is 1. The molecule has 110 valence electrons. The van der Waals surface area contributed by atoms with E-state index in [0.717, 1.165) is 13.1 Å². The summed E-state index contributed by atoms with van der Waals surface area (Å²) in [5.74, 6) is 0.252. The van der Waals surface area contributed by atoms with Crippen LogP contribution in [0.2, 0.25) is 5.02 Å². The third kappa shape index (κ3) is 2.84. The maximum absolute atomic E-state index is 12.2. The van der Waals surface area contributed by atoms with Gasteiger partial charge in [0.05, 0.1) is 30.1 Å². The number of ether oxygens (including phenoxy) is 1. The lowest BCUT2D eigenvalue weighted by atomic mass is 10.2. The van der Waals surface area contributed by atoms with E-state index in [2.05, 4.69) is 20.9 Å². The first-order valence-electron chi connectivity index (χ1n) is 6.45. The SMILES string of the molecule is COc1ccc(Cl)c(NC(=O)c2cn(C3CNC3)nn2)c1. The summed E-state index contributed by atoms with van der Waals surface area (Å²) in [5.41, 5.74) is 0.724. The van der Waals surface area contributed by atoms with Crippen molar-refractivity contribution in [1.29, 1.82) is 0 Å². The number of hydrogen-bond acceptors (Lipinski definition) is 5. The Kier molecular flexibility index (Phi) is 3.76. The fraction of sp³-hybridized carbons (Fsp3) is 0.308. The summed E-state index contributed by atoms with van der Waals surface area (Å²) in [4.78, 5) is 12.2. The molecule has 21 heavy (non-hydrogen) atoms. The molecule has 0 saturated carbocycles. The Morgan fingerprint density at radius 2 is 2.33 bits per heavy atom. The third-order valence-electron chi connectivity index (χ3n) is 3.30. The predicted molar refractivity (Wildman–Crippen MR) is 77.9 cm³/mol. The number of halogens is 1. The molecule has 1 aromatic heterocycles. The number of carbonyl (C=O) groups is 1. The molecule has 2 N–H and O–H groups in total. The van der Waals surface area contributed by atoms with Crippen molar-refractivity contribution in [3.63, 3.8) is 0 Å². The molecule has 0 atom stereocenters. The van der Waals surface area contributed by atoms with E-state index in [1.54, 1.807) is 36.2 Å². The summed E-state index contributed by atoms with van der Waals surface area (Å²) in [7, 11) is 1.55. The summed E-state index contributed by atoms with van der Waals surface area (Å²) in [6, 6.07) is 5.30. The van der Waals surface area contributed by atoms with Gasteiger partial charge in [0.15, 0.2) is 5.69 Å². The molecule has 1 saturated heterocycles. The van der Waals surface area contributed by atoms with E-state index in [0.29, 0.717) is 16.5 Å². The van der Waals surface area contributed by atoms with Crippen molar-refractivity contribution >= 4 is 23.2 Å². The van der Waals surface area contributed by atoms with Gasteiger partial charge in [0.25, 0.3) is 5.91 Å². The zero-order chi connectivity index (χ0) is 14.8. The van der Waals surface area contributed by atoms with Gasteiger partial charge >= 0.3 is 0 Å². The standard InChI is InChI=1S/C13H14ClN5O2/c1-21-9-2-3-10(14)11(4-9)16-13(20)12-7-19(18-17-12)8-5-15-6-8/h2-4,7-8,15H,5-6H2,1H3,(H,16,20). The van der Waals surface area contributed by atoms with Crippen LogP contribution in [0, 0.1) is 0 Å². The first kappa shape index (κ1) is 13.8. The van der Waals surface area contributed by atoms with Gasteiger partial charge in [-0.25, -0.2) is 4.68 Å². The van der Waals surface area contributed by atoms with Crippen LogP contribution in [0.25, 0.3) is 0 Å². The molecule has 1 fully saturated rings. The van der Waals surface area contributed by atoms with Gasteiger partial charge in [0, 0.05) is 19.2 Å². The number of carbonyl (C=O) groups excluding carboxylic acids is 1. The minimum absolute atomic E-state index is 0.251. The van der Waals surface area contributed by atoms with Crippen LogP contribution in [0.4, 0.5) is 5.69 Å². The summed E-state index contributed by atoms with van der Waals surface area (Å²) < 4.78 is 6.80. The smallest absolute Gasteiger partial charge is 0.277 e. The monoisotopic (exact) mass is 307 g/mol. The van der Waals surface area contributed by atoms with Crippen molar-refractivity contribution in [3.05, 3.63) is 35.1 Å². The van der Waals surface area contributed by atoms with E-state index in [1.807, 2.05) is 0 Å². The molecule has 1 aromatic carbocycles. The van der Waals surface area contributed by atoms with E-state index in [9.17, 15) is 4.79 Å². The van der Waals surface area contributed by atoms with Gasteiger partial charge in [-0.05, 0) is 12.1 Å². The van der Waals surface area contributed by atoms with Crippen molar-refractivity contribution in [2.45, 2.75) is 6.04 Å². The van der Waals surface area contributed by atoms with Crippen molar-refractivity contribution in [2.24, 2.45) is 0 Å². The zero-order valence-electron chi connectivity index (χ0n) is 11.3. The van der Waals surface area contributed by atoms with E-state index < -0.39 is 0 Å². The number of benzene rings is 1. The molecule has 7 nitrogen and oxygen atoms in total. The lowest BCUT2D eigenvalue weighted by Gasteiger charge is -2.26. The van der Waals surface area contributed by atoms with Crippen LogP contribution in [0.15, 0.2) is 24.4 Å². The third-order valence-corrected chi connectivity index (χ3v) is 3.63. The molecule has 0 bridgehead atoms. The molecule has 1 aliphatic rings. The van der Waals surface area contributed by atoms with Crippen molar-refractivity contribution in [3.8, 4) is 5.75 Å². The number of aromatic nitrogens is 3. The predicted octanol–water partition coefficient (Wildman–Crippen LogP) is 1.34. The molecule has 2 heterocycles. The highest BCUT2D eigenvalue weighted by Crippen LogP contribution is 2.27. The Morgan fingerprint density at radius 3 is 3.00 bits per heavy atom. The summed E-state index contributed by atoms with van der Waals surface area (Å²) in [6.45, 7) is 1.68. The highest BCUT2D eigenvalue weighted by atomic mass is 35.5. The molecule has 2 aromatic rings. The maximum atomic E-state index is 12.2. The van der Waals surface area contributed by atoms with Gasteiger partial charge in [-0.15, -0.1) is 5.10 Å². The Morgan fingerprint density at radius 1 is 1.52 bits per heavy atom. The largest absolute Gasteiger partial charge is 0.497 e. The second-order valence-corrected chi connectivity index (χ2v) is 5.10. The maximum Gasteiger partial charge on any atom is 0.277 e. The van der Waals surface area contributed by atoms with E-state index >= 15 is 0 Å². The summed E-state index contributed by atoms with van der Waals surface area (Å²) in [5, 5.41) is 14.1. The van der Waals surface area contributed by atoms with Crippen LogP contribution in [0.5, 0.6) is 5.75 Å². The average molecular weight is 308 g/mol. The second-order valence-electron chi connectivity index (χ2n) is 4.70. The van der Waals surface area contributed by atoms with Crippen LogP contribution < -0.4 is 15.4 Å². The highest BCUT2D eigenvalue weighted by Gasteiger charge is 2.22. The van der Waals surface area contributed by atoms with Crippen LogP contribution in [0.1, 0.15) is 16.5 Å². The molecule has 3 rings (SSSR count). The summed E-state index contributed by atoms with van der Waals surface area (Å²) in [6.07, 6.45) is 1.63. The van der Waals surface area contributed by atoms with Crippen LogP contribution in [-0.4, -0.2) is 41.1 Å². The van der Waals surface area contributed by atoms with E-state index in [-0.39, 0.29) is 17.6 Å². The number of nitrogens with one attached hydrogen (secondary N) is 2. The Hall–Kier alpha value is -2.12.